The topological polar surface area (TPSA) is 215 Å². The Hall–Kier alpha value is -7.86. The van der Waals surface area contributed by atoms with E-state index in [2.05, 4.69) is 32.0 Å². The number of fused-ring (bicyclic) bond motifs is 2. The van der Waals surface area contributed by atoms with Gasteiger partial charge in [0, 0.05) is 56.0 Å². The van der Waals surface area contributed by atoms with E-state index in [1.807, 2.05) is 206 Å². The molecule has 15 nitrogen and oxygen atoms in total. The molecule has 10 aromatic carbocycles. The van der Waals surface area contributed by atoms with Crippen molar-refractivity contribution in [3.8, 4) is 91.6 Å². The van der Waals surface area contributed by atoms with Crippen molar-refractivity contribution in [1.82, 2.24) is 44.9 Å². The van der Waals surface area contributed by atoms with Crippen LogP contribution in [0, 0.1) is 0 Å². The molecule has 3 heterocycles. The molecule has 2 N–H and O–H groups in total. The van der Waals surface area contributed by atoms with Gasteiger partial charge in [0.05, 0.1) is 0 Å². The number of aromatic hydroxyl groups is 2. The zero-order chi connectivity index (χ0) is 57.2. The minimum absolute atomic E-state index is 0. The average Bonchev–Trinajstić information content (AvgIpc) is 2.17. The fraction of sp³-hybridized carbons (Fsp3) is 0.0149. The summed E-state index contributed by atoms with van der Waals surface area (Å²) in [6.45, 7) is -0.181. The number of nitrogens with zero attached hydrogens (tertiary/aromatic N) is 9. The molecule has 0 fully saturated rings. The molecule has 0 amide bonds. The summed E-state index contributed by atoms with van der Waals surface area (Å²) >= 11 is 5.99. The molecule has 85 heavy (non-hydrogen) atoms. The van der Waals surface area contributed by atoms with Crippen molar-refractivity contribution in [2.75, 3.05) is 0 Å². The average molecular weight is 1190 g/mol. The Kier molecular flexibility index (Phi) is 23.7. The maximum atomic E-state index is 9.38. The first-order valence-electron chi connectivity index (χ1n) is 25.9. The molecule has 0 saturated heterocycles. The number of phenolic OH excluding ortho intramolecular Hbond substituents is 2. The second-order valence-electron chi connectivity index (χ2n) is 18.0. The molecule has 18 heteroatoms. The van der Waals surface area contributed by atoms with Crippen LogP contribution in [0.1, 0.15) is 12.8 Å². The first kappa shape index (κ1) is 63.2. The van der Waals surface area contributed by atoms with Gasteiger partial charge >= 0.3 is 109 Å². The van der Waals surface area contributed by atoms with Gasteiger partial charge in [-0.3, -0.25) is 4.79 Å². The quantitative estimate of drug-likeness (QED) is 0.0544. The van der Waals surface area contributed by atoms with Crippen molar-refractivity contribution in [3.05, 3.63) is 271 Å². The molecular weight excluding hydrogens is 1140 g/mol. The monoisotopic (exact) mass is 1190 g/mol. The number of halogens is 1. The Labute approximate surface area is 580 Å². The van der Waals surface area contributed by atoms with Gasteiger partial charge in [-0.05, 0) is 40.7 Å². The number of carbonyl (C=O) groups excluding carboxylic acids is 1. The van der Waals surface area contributed by atoms with E-state index in [9.17, 15) is 10.2 Å². The van der Waals surface area contributed by atoms with Gasteiger partial charge < -0.3 is 26.5 Å². The van der Waals surface area contributed by atoms with Crippen LogP contribution in [0.15, 0.2) is 255 Å². The number of hydrogen-bond acceptors (Lipinski definition) is 15. The second-order valence-corrected chi connectivity index (χ2v) is 18.3. The Bertz CT molecular complexity index is 3900. The predicted octanol–water partition coefficient (Wildman–Crippen LogP) is 7.93. The maximum absolute atomic E-state index is 9.38. The molecule has 13 rings (SSSR count). The summed E-state index contributed by atoms with van der Waals surface area (Å²) in [5.41, 5.74) is 6.54. The zero-order valence-electron chi connectivity index (χ0n) is 47.0. The van der Waals surface area contributed by atoms with Gasteiger partial charge in [-0.25, -0.2) is 24.9 Å². The number of phenols is 2. The molecule has 0 aliphatic carbocycles. The molecule has 0 unspecified atom stereocenters. The van der Waals surface area contributed by atoms with E-state index in [1.165, 1.54) is 0 Å². The fourth-order valence-electron chi connectivity index (χ4n) is 8.68. The van der Waals surface area contributed by atoms with E-state index in [0.29, 0.717) is 63.7 Å². The summed E-state index contributed by atoms with van der Waals surface area (Å²) in [4.78, 5) is 53.0. The Morgan fingerprint density at radius 1 is 0.376 bits per heavy atom. The van der Waals surface area contributed by atoms with Gasteiger partial charge in [0.1, 0.15) is 23.1 Å². The first-order chi connectivity index (χ1) is 40.8. The summed E-state index contributed by atoms with van der Waals surface area (Å²) in [5, 5.41) is 30.7. The first-order valence-corrected chi connectivity index (χ1v) is 26.2. The molecule has 0 spiro atoms. The smallest absolute Gasteiger partial charge is 1.00 e. The molecule has 0 atom stereocenters. The van der Waals surface area contributed by atoms with Gasteiger partial charge in [0.25, 0.3) is 6.47 Å². The van der Waals surface area contributed by atoms with Gasteiger partial charge in [0.2, 0.25) is 5.28 Å². The van der Waals surface area contributed by atoms with Crippen molar-refractivity contribution in [1.29, 1.82) is 0 Å². The van der Waals surface area contributed by atoms with Crippen molar-refractivity contribution < 1.29 is 134 Å². The van der Waals surface area contributed by atoms with Crippen molar-refractivity contribution in [3.63, 3.8) is 0 Å². The number of hydrogen-bond donors (Lipinski definition) is 2. The third-order valence-electron chi connectivity index (χ3n) is 12.5. The number of rotatable bonds is 11. The zero-order valence-corrected chi connectivity index (χ0v) is 53.0. The van der Waals surface area contributed by atoms with Crippen molar-refractivity contribution >= 4 is 39.6 Å². The minimum Gasteiger partial charge on any atom is -1.00 e. The van der Waals surface area contributed by atoms with Crippen molar-refractivity contribution in [2.24, 2.45) is 0 Å². The number of carbonyl (C=O) groups is 1. The van der Waals surface area contributed by atoms with E-state index >= 15 is 0 Å². The van der Waals surface area contributed by atoms with Gasteiger partial charge in [-0.15, -0.1) is 0 Å². The normalized spacial score (nSPS) is 10.2. The van der Waals surface area contributed by atoms with E-state index in [1.54, 1.807) is 36.4 Å². The maximum Gasteiger partial charge on any atom is 1.00 e. The summed E-state index contributed by atoms with van der Waals surface area (Å²) in [6.07, 6.45) is 0.505. The van der Waals surface area contributed by atoms with Crippen molar-refractivity contribution in [2.45, 2.75) is 6.42 Å². The van der Waals surface area contributed by atoms with Crippen LogP contribution >= 0.6 is 11.6 Å². The van der Waals surface area contributed by atoms with Gasteiger partial charge in [0.15, 0.2) is 34.9 Å². The summed E-state index contributed by atoms with van der Waals surface area (Å²) in [5.74, 6) is 5.25. The van der Waals surface area contributed by atoms with Gasteiger partial charge in [-0.1, -0.05) is 237 Å². The van der Waals surface area contributed by atoms with E-state index in [4.69, 9.17) is 56.3 Å². The third-order valence-corrected chi connectivity index (χ3v) is 12.7. The summed E-state index contributed by atoms with van der Waals surface area (Å²) < 4.78 is 6.47. The second kappa shape index (κ2) is 31.9. The van der Waals surface area contributed by atoms with Gasteiger partial charge in [-0.2, -0.15) is 19.9 Å². The van der Waals surface area contributed by atoms with E-state index in [-0.39, 0.29) is 133 Å². The van der Waals surface area contributed by atoms with E-state index < -0.39 is 0 Å². The van der Waals surface area contributed by atoms with Crippen LogP contribution in [0.2, 0.25) is 5.28 Å². The number of aromatic nitrogens is 9. The number of benzene rings is 10. The molecule has 0 radical (unpaired) electrons. The molecule has 0 saturated carbocycles. The Balaban J connectivity index is 0.000000227. The Morgan fingerprint density at radius 3 is 1.05 bits per heavy atom. The molecule has 3 aromatic heterocycles. The molecule has 406 valence electrons. The van der Waals surface area contributed by atoms with Crippen LogP contribution in [0.4, 0.5) is 0 Å². The fourth-order valence-corrected chi connectivity index (χ4v) is 8.84. The summed E-state index contributed by atoms with van der Waals surface area (Å²) in [6, 6.07) is 81.7. The Morgan fingerprint density at radius 2 is 0.682 bits per heavy atom. The number of ether oxygens (including phenoxy) is 1. The molecule has 0 aliphatic heterocycles. The molecule has 0 aliphatic rings. The SMILES string of the molecule is Clc1nc(-c2ccccc2)nc(-c2ccccc2)n1.O=CO[O-].Oc1cccc2c(O)cccc12.[H-].[K+].[K+].c1ccc(-c2nc(Cc3cccc4c(Oc5nc(-c6ccccc6)nc(-c6ccccc6)n5)cccc34)nc(-c3ccccc3)n2)cc1. The molecule has 0 bridgehead atoms. The van der Waals surface area contributed by atoms with Crippen LogP contribution in [0.25, 0.3) is 89.9 Å². The largest absolute Gasteiger partial charge is 1.00 e. The minimum atomic E-state index is -0.181. The van der Waals surface area contributed by atoms with Crippen LogP contribution in [-0.2, 0) is 16.1 Å². The summed E-state index contributed by atoms with van der Waals surface area (Å²) in [7, 11) is 0. The standard InChI is InChI=1S/C41H28N6O.C15H10ClN3.C10H8O2.CH2O3.2K.H/c1-5-15-28(16-6-1)37-42-36(43-38(44-37)29-17-7-2-8-18-29)27-32-23-13-25-34-33(32)24-14-26-35(34)48-41-46-39(30-19-9-3-10-20-30)45-40(47-41)31-21-11-4-12-22-31;16-15-18-13(11-7-3-1-4-8-11)17-14(19-15)12-9-5-2-6-10-12;11-9-5-1-3-7-8(9)4-2-6-10(7)12;2-1-4-3;;;/h1-26H,27H2;1-10H;1-6,11-12H;1,3H;;;/q;;;;2*+1;-1/p-1. The van der Waals surface area contributed by atoms with Crippen LogP contribution < -0.4 is 113 Å². The van der Waals surface area contributed by atoms with E-state index in [0.717, 1.165) is 49.7 Å². The van der Waals surface area contributed by atoms with Crippen LogP contribution in [-0.4, -0.2) is 61.5 Å². The molecular formula is C67H48ClK2N9O6. The third kappa shape index (κ3) is 17.0. The molecule has 13 aromatic rings. The van der Waals surface area contributed by atoms with Crippen LogP contribution in [0.5, 0.6) is 23.3 Å². The predicted molar refractivity (Wildman–Crippen MR) is 319 cm³/mol. The van der Waals surface area contributed by atoms with Crippen LogP contribution in [0.3, 0.4) is 0 Å².